The van der Waals surface area contributed by atoms with Gasteiger partial charge in [0.25, 0.3) is 0 Å². The fourth-order valence-electron chi connectivity index (χ4n) is 4.18. The Morgan fingerprint density at radius 2 is 1.52 bits per heavy atom. The van der Waals surface area contributed by atoms with Crippen molar-refractivity contribution in [2.75, 3.05) is 6.61 Å². The van der Waals surface area contributed by atoms with Crippen LogP contribution in [0.3, 0.4) is 0 Å². The SMILES string of the molecule is OCC1OC(Oc2ccc3cc2Oc2ccc(cc2)CCCCCCC3)[C@@H](O)C[C@H]1O. The van der Waals surface area contributed by atoms with Crippen LogP contribution >= 0.6 is 0 Å². The lowest BCUT2D eigenvalue weighted by Gasteiger charge is -2.36. The van der Waals surface area contributed by atoms with Gasteiger partial charge in [0.2, 0.25) is 6.29 Å². The van der Waals surface area contributed by atoms with Crippen LogP contribution in [0.5, 0.6) is 17.2 Å². The van der Waals surface area contributed by atoms with Crippen LogP contribution in [0.2, 0.25) is 0 Å². The van der Waals surface area contributed by atoms with Crippen molar-refractivity contribution in [1.29, 1.82) is 0 Å². The van der Waals surface area contributed by atoms with E-state index in [1.807, 2.05) is 30.3 Å². The first kappa shape index (κ1) is 22.1. The minimum Gasteiger partial charge on any atom is -0.458 e. The van der Waals surface area contributed by atoms with Crippen LogP contribution in [-0.4, -0.2) is 46.5 Å². The summed E-state index contributed by atoms with van der Waals surface area (Å²) in [7, 11) is 0. The van der Waals surface area contributed by atoms with E-state index in [0.717, 1.165) is 25.0 Å². The number of aliphatic hydroxyl groups is 3. The summed E-state index contributed by atoms with van der Waals surface area (Å²) in [5.41, 5.74) is 2.47. The fourth-order valence-corrected chi connectivity index (χ4v) is 4.18. The Labute approximate surface area is 183 Å². The molecule has 2 aromatic rings. The molecule has 0 amide bonds. The second kappa shape index (κ2) is 10.5. The van der Waals surface area contributed by atoms with E-state index in [1.165, 1.54) is 36.8 Å². The third-order valence-corrected chi connectivity index (χ3v) is 6.05. The standard InChI is InChI=1S/C25H32O6/c26-16-24-20(27)15-21(28)25(31-24)30-22-13-10-18-7-5-3-1-2-4-6-17-8-11-19(12-9-17)29-23(22)14-18/h8-14,20-21,24-28H,1-7,15-16H2/t20-,21+,24?,25?/m1/s1. The number of benzene rings is 2. The van der Waals surface area contributed by atoms with Gasteiger partial charge in [-0.2, -0.15) is 0 Å². The lowest BCUT2D eigenvalue weighted by Crippen LogP contribution is -2.51. The molecule has 0 aromatic heterocycles. The van der Waals surface area contributed by atoms with Crippen LogP contribution in [0.1, 0.15) is 49.7 Å². The maximum atomic E-state index is 10.3. The molecule has 6 nitrogen and oxygen atoms in total. The van der Waals surface area contributed by atoms with E-state index < -0.39 is 24.6 Å². The van der Waals surface area contributed by atoms with Crippen molar-refractivity contribution in [2.45, 2.75) is 76.0 Å². The van der Waals surface area contributed by atoms with Gasteiger partial charge in [-0.25, -0.2) is 0 Å². The normalized spacial score (nSPS) is 27.1. The molecule has 5 rings (SSSR count). The number of rotatable bonds is 3. The number of ether oxygens (including phenoxy) is 3. The van der Waals surface area contributed by atoms with E-state index >= 15 is 0 Å². The smallest absolute Gasteiger partial charge is 0.226 e. The third-order valence-electron chi connectivity index (χ3n) is 6.05. The summed E-state index contributed by atoms with van der Waals surface area (Å²) >= 11 is 0. The molecule has 1 fully saturated rings. The maximum absolute atomic E-state index is 10.3. The number of aliphatic hydroxyl groups excluding tert-OH is 3. The largest absolute Gasteiger partial charge is 0.458 e. The van der Waals surface area contributed by atoms with Crippen molar-refractivity contribution in [1.82, 2.24) is 0 Å². The molecule has 1 saturated heterocycles. The molecule has 0 spiro atoms. The topological polar surface area (TPSA) is 88.4 Å². The van der Waals surface area contributed by atoms with Gasteiger partial charge in [-0.1, -0.05) is 37.5 Å². The van der Waals surface area contributed by atoms with Crippen LogP contribution in [0.4, 0.5) is 0 Å². The predicted molar refractivity (Wildman–Crippen MR) is 116 cm³/mol. The highest BCUT2D eigenvalue weighted by Gasteiger charge is 2.37. The fraction of sp³-hybridized carbons (Fsp3) is 0.520. The van der Waals surface area contributed by atoms with Gasteiger partial charge >= 0.3 is 0 Å². The highest BCUT2D eigenvalue weighted by molar-refractivity contribution is 5.46. The third kappa shape index (κ3) is 5.77. The van der Waals surface area contributed by atoms with Crippen molar-refractivity contribution in [3.63, 3.8) is 0 Å². The van der Waals surface area contributed by atoms with Gasteiger partial charge in [-0.05, 0) is 61.1 Å². The number of fused-ring (bicyclic) bond motifs is 8. The predicted octanol–water partition coefficient (Wildman–Crippen LogP) is 3.74. The van der Waals surface area contributed by atoms with E-state index in [2.05, 4.69) is 12.1 Å². The summed E-state index contributed by atoms with van der Waals surface area (Å²) in [6.07, 6.45) is 4.44. The zero-order chi connectivity index (χ0) is 21.6. The van der Waals surface area contributed by atoms with Crippen LogP contribution < -0.4 is 9.47 Å². The first-order chi connectivity index (χ1) is 15.1. The van der Waals surface area contributed by atoms with Crippen LogP contribution in [0.15, 0.2) is 42.5 Å². The molecule has 0 radical (unpaired) electrons. The van der Waals surface area contributed by atoms with Gasteiger partial charge < -0.3 is 29.5 Å². The molecule has 6 heteroatoms. The van der Waals surface area contributed by atoms with Crippen molar-refractivity contribution in [3.05, 3.63) is 53.6 Å². The zero-order valence-corrected chi connectivity index (χ0v) is 17.8. The van der Waals surface area contributed by atoms with Crippen molar-refractivity contribution in [2.24, 2.45) is 0 Å². The maximum Gasteiger partial charge on any atom is 0.226 e. The Balaban J connectivity index is 1.58. The molecular formula is C25H32O6. The highest BCUT2D eigenvalue weighted by Crippen LogP contribution is 2.36. The summed E-state index contributed by atoms with van der Waals surface area (Å²) < 4.78 is 17.7. The Bertz CT molecular complexity index is 836. The van der Waals surface area contributed by atoms with E-state index in [0.29, 0.717) is 11.5 Å². The summed E-state index contributed by atoms with van der Waals surface area (Å²) in [5, 5.41) is 29.7. The summed E-state index contributed by atoms with van der Waals surface area (Å²) in [4.78, 5) is 0. The van der Waals surface area contributed by atoms with E-state index in [4.69, 9.17) is 14.2 Å². The summed E-state index contributed by atoms with van der Waals surface area (Å²) in [5.74, 6) is 1.73. The van der Waals surface area contributed by atoms with Crippen LogP contribution in [0.25, 0.3) is 0 Å². The van der Waals surface area contributed by atoms with Crippen LogP contribution in [-0.2, 0) is 17.6 Å². The molecule has 4 bridgehead atoms. The quantitative estimate of drug-likeness (QED) is 0.690. The molecule has 168 valence electrons. The second-order valence-electron chi connectivity index (χ2n) is 8.51. The molecule has 0 saturated carbocycles. The average molecular weight is 429 g/mol. The highest BCUT2D eigenvalue weighted by atomic mass is 16.7. The number of hydrogen-bond acceptors (Lipinski definition) is 6. The van der Waals surface area contributed by atoms with Gasteiger partial charge in [0.05, 0.1) is 12.7 Å². The Morgan fingerprint density at radius 1 is 0.839 bits per heavy atom. The second-order valence-corrected chi connectivity index (χ2v) is 8.51. The molecule has 31 heavy (non-hydrogen) atoms. The lowest BCUT2D eigenvalue weighted by atomic mass is 10.0. The molecule has 3 heterocycles. The van der Waals surface area contributed by atoms with Gasteiger partial charge in [0.15, 0.2) is 11.5 Å². The van der Waals surface area contributed by atoms with Gasteiger partial charge in [0.1, 0.15) is 18.0 Å². The first-order valence-electron chi connectivity index (χ1n) is 11.3. The minimum absolute atomic E-state index is 0.0750. The Hall–Kier alpha value is -2.12. The summed E-state index contributed by atoms with van der Waals surface area (Å²) in [6.45, 7) is -0.345. The lowest BCUT2D eigenvalue weighted by molar-refractivity contribution is -0.240. The number of aryl methyl sites for hydroxylation is 2. The van der Waals surface area contributed by atoms with Crippen molar-refractivity contribution in [3.8, 4) is 17.2 Å². The molecule has 3 aliphatic rings. The molecule has 0 aliphatic carbocycles. The molecule has 3 N–H and O–H groups in total. The van der Waals surface area contributed by atoms with Crippen molar-refractivity contribution >= 4 is 0 Å². The van der Waals surface area contributed by atoms with Crippen LogP contribution in [0, 0.1) is 0 Å². The minimum atomic E-state index is -1.01. The van der Waals surface area contributed by atoms with E-state index in [1.54, 1.807) is 0 Å². The first-order valence-corrected chi connectivity index (χ1v) is 11.3. The van der Waals surface area contributed by atoms with Gasteiger partial charge in [0, 0.05) is 6.42 Å². The molecule has 3 aliphatic heterocycles. The molecule has 4 atom stereocenters. The van der Waals surface area contributed by atoms with Gasteiger partial charge in [-0.3, -0.25) is 0 Å². The molecule has 2 aromatic carbocycles. The van der Waals surface area contributed by atoms with E-state index in [-0.39, 0.29) is 13.0 Å². The molecule has 2 unspecified atom stereocenters. The molecular weight excluding hydrogens is 396 g/mol. The zero-order valence-electron chi connectivity index (χ0n) is 17.8. The monoisotopic (exact) mass is 428 g/mol. The Kier molecular flexibility index (Phi) is 7.45. The Morgan fingerprint density at radius 3 is 2.26 bits per heavy atom. The summed E-state index contributed by atoms with van der Waals surface area (Å²) in [6, 6.07) is 14.0. The van der Waals surface area contributed by atoms with E-state index in [9.17, 15) is 15.3 Å². The van der Waals surface area contributed by atoms with Crippen molar-refractivity contribution < 1.29 is 29.5 Å². The van der Waals surface area contributed by atoms with Gasteiger partial charge in [-0.15, -0.1) is 0 Å². The number of hydrogen-bond donors (Lipinski definition) is 3. The average Bonchev–Trinajstić information content (AvgIpc) is 2.78.